The average molecular weight is 312 g/mol. The number of carbonyl (C=O) groups is 1. The minimum Gasteiger partial charge on any atom is -0.495 e. The quantitative estimate of drug-likeness (QED) is 0.802. The molecule has 106 valence electrons. The summed E-state index contributed by atoms with van der Waals surface area (Å²) >= 11 is 7.53. The van der Waals surface area contributed by atoms with Gasteiger partial charge in [0.2, 0.25) is 0 Å². The van der Waals surface area contributed by atoms with Crippen molar-refractivity contribution < 1.29 is 14.3 Å². The predicted molar refractivity (Wildman–Crippen MR) is 79.8 cm³/mol. The van der Waals surface area contributed by atoms with E-state index in [2.05, 4.69) is 4.98 Å². The van der Waals surface area contributed by atoms with E-state index in [1.165, 1.54) is 11.3 Å². The van der Waals surface area contributed by atoms with Gasteiger partial charge in [0.05, 0.1) is 18.7 Å². The Morgan fingerprint density at radius 2 is 2.20 bits per heavy atom. The molecule has 2 rings (SSSR count). The van der Waals surface area contributed by atoms with E-state index < -0.39 is 5.97 Å². The first-order valence-corrected chi connectivity index (χ1v) is 7.24. The van der Waals surface area contributed by atoms with Gasteiger partial charge in [0, 0.05) is 10.4 Å². The third-order valence-electron chi connectivity index (χ3n) is 2.66. The number of ether oxygens (including phenoxy) is 2. The first kappa shape index (κ1) is 14.8. The van der Waals surface area contributed by atoms with Gasteiger partial charge >= 0.3 is 5.97 Å². The topological polar surface area (TPSA) is 48.4 Å². The Kier molecular flexibility index (Phi) is 4.62. The summed E-state index contributed by atoms with van der Waals surface area (Å²) in [5.74, 6) is 0.210. The van der Waals surface area contributed by atoms with Gasteiger partial charge in [-0.25, -0.2) is 9.78 Å². The van der Waals surface area contributed by atoms with Crippen molar-refractivity contribution in [3.05, 3.63) is 33.8 Å². The molecule has 2 aromatic rings. The lowest BCUT2D eigenvalue weighted by Gasteiger charge is -2.03. The number of carbonyl (C=O) groups excluding carboxylic acids is 1. The van der Waals surface area contributed by atoms with Crippen molar-refractivity contribution in [1.82, 2.24) is 4.98 Å². The van der Waals surface area contributed by atoms with Crippen molar-refractivity contribution in [1.29, 1.82) is 0 Å². The number of aryl methyl sites for hydroxylation is 1. The van der Waals surface area contributed by atoms with Gasteiger partial charge in [-0.2, -0.15) is 0 Å². The highest BCUT2D eigenvalue weighted by molar-refractivity contribution is 7.15. The second-order valence-electron chi connectivity index (χ2n) is 3.99. The van der Waals surface area contributed by atoms with Crippen LogP contribution in [0.15, 0.2) is 18.2 Å². The zero-order valence-electron chi connectivity index (χ0n) is 11.4. The largest absolute Gasteiger partial charge is 0.495 e. The summed E-state index contributed by atoms with van der Waals surface area (Å²) in [6.45, 7) is 3.95. The molecule has 0 radical (unpaired) electrons. The van der Waals surface area contributed by atoms with E-state index in [-0.39, 0.29) is 0 Å². The van der Waals surface area contributed by atoms with Crippen LogP contribution in [0.4, 0.5) is 0 Å². The minimum absolute atomic E-state index is 0.333. The molecule has 0 bridgehead atoms. The maximum absolute atomic E-state index is 11.8. The smallest absolute Gasteiger partial charge is 0.358 e. The van der Waals surface area contributed by atoms with Gasteiger partial charge in [0.1, 0.15) is 10.8 Å². The molecule has 0 aliphatic rings. The molecule has 6 heteroatoms. The fourth-order valence-corrected chi connectivity index (χ4v) is 2.86. The highest BCUT2D eigenvalue weighted by Gasteiger charge is 2.17. The Balaban J connectivity index is 2.37. The van der Waals surface area contributed by atoms with Crippen LogP contribution in [0.5, 0.6) is 5.75 Å². The van der Waals surface area contributed by atoms with Crippen molar-refractivity contribution >= 4 is 28.9 Å². The second-order valence-corrected chi connectivity index (χ2v) is 5.60. The van der Waals surface area contributed by atoms with Crippen LogP contribution >= 0.6 is 22.9 Å². The van der Waals surface area contributed by atoms with Crippen molar-refractivity contribution in [2.75, 3.05) is 13.7 Å². The van der Waals surface area contributed by atoms with E-state index in [1.54, 1.807) is 26.2 Å². The van der Waals surface area contributed by atoms with Crippen LogP contribution in [0.25, 0.3) is 10.6 Å². The highest BCUT2D eigenvalue weighted by Crippen LogP contribution is 2.33. The van der Waals surface area contributed by atoms with E-state index in [1.807, 2.05) is 13.0 Å². The normalized spacial score (nSPS) is 10.4. The Bertz CT molecular complexity index is 639. The number of hydrogen-bond donors (Lipinski definition) is 0. The Hall–Kier alpha value is -1.59. The molecule has 0 unspecified atom stereocenters. The highest BCUT2D eigenvalue weighted by atomic mass is 35.5. The van der Waals surface area contributed by atoms with Crippen molar-refractivity contribution in [3.8, 4) is 16.3 Å². The number of benzene rings is 1. The summed E-state index contributed by atoms with van der Waals surface area (Å²) in [5.41, 5.74) is 1.21. The minimum atomic E-state index is -0.396. The molecule has 1 heterocycles. The SMILES string of the molecule is CCOC(=O)c1nc(-c2ccc(OC)c(Cl)c2)sc1C. The summed E-state index contributed by atoms with van der Waals surface area (Å²) in [6.07, 6.45) is 0. The number of aromatic nitrogens is 1. The van der Waals surface area contributed by atoms with Gasteiger partial charge in [-0.1, -0.05) is 11.6 Å². The number of methoxy groups -OCH3 is 1. The molecule has 0 N–H and O–H groups in total. The first-order chi connectivity index (χ1) is 9.56. The van der Waals surface area contributed by atoms with Crippen LogP contribution in [0.2, 0.25) is 5.02 Å². The number of nitrogens with zero attached hydrogens (tertiary/aromatic N) is 1. The fraction of sp³-hybridized carbons (Fsp3) is 0.286. The third-order valence-corrected chi connectivity index (χ3v) is 3.98. The summed E-state index contributed by atoms with van der Waals surface area (Å²) in [7, 11) is 1.56. The van der Waals surface area contributed by atoms with E-state index in [0.29, 0.717) is 23.1 Å². The molecule has 0 fully saturated rings. The lowest BCUT2D eigenvalue weighted by Crippen LogP contribution is -2.06. The van der Waals surface area contributed by atoms with Crippen LogP contribution in [-0.2, 0) is 4.74 Å². The monoisotopic (exact) mass is 311 g/mol. The van der Waals surface area contributed by atoms with Gasteiger partial charge in [0.15, 0.2) is 5.69 Å². The van der Waals surface area contributed by atoms with Crippen molar-refractivity contribution in [3.63, 3.8) is 0 Å². The molecule has 1 aromatic carbocycles. The summed E-state index contributed by atoms with van der Waals surface area (Å²) in [6, 6.07) is 5.41. The Labute approximate surface area is 126 Å². The fourth-order valence-electron chi connectivity index (χ4n) is 1.71. The Morgan fingerprint density at radius 3 is 2.80 bits per heavy atom. The van der Waals surface area contributed by atoms with Crippen molar-refractivity contribution in [2.45, 2.75) is 13.8 Å². The first-order valence-electron chi connectivity index (χ1n) is 6.05. The summed E-state index contributed by atoms with van der Waals surface area (Å²) in [5, 5.41) is 1.24. The zero-order valence-corrected chi connectivity index (χ0v) is 13.0. The number of halogens is 1. The third kappa shape index (κ3) is 2.94. The lowest BCUT2D eigenvalue weighted by molar-refractivity contribution is 0.0519. The predicted octanol–water partition coefficient (Wildman–Crippen LogP) is 3.96. The molecule has 0 aliphatic heterocycles. The number of esters is 1. The van der Waals surface area contributed by atoms with Crippen LogP contribution in [0.3, 0.4) is 0 Å². The molecular weight excluding hydrogens is 298 g/mol. The lowest BCUT2D eigenvalue weighted by atomic mass is 10.2. The summed E-state index contributed by atoms with van der Waals surface area (Å²) < 4.78 is 10.1. The molecule has 0 amide bonds. The molecule has 0 atom stereocenters. The van der Waals surface area contributed by atoms with Gasteiger partial charge in [-0.05, 0) is 32.0 Å². The molecule has 4 nitrogen and oxygen atoms in total. The number of rotatable bonds is 4. The van der Waals surface area contributed by atoms with Gasteiger partial charge in [-0.3, -0.25) is 0 Å². The van der Waals surface area contributed by atoms with Crippen molar-refractivity contribution in [2.24, 2.45) is 0 Å². The van der Waals surface area contributed by atoms with Gasteiger partial charge in [0.25, 0.3) is 0 Å². The Morgan fingerprint density at radius 1 is 1.45 bits per heavy atom. The number of thiazole rings is 1. The summed E-state index contributed by atoms with van der Waals surface area (Å²) in [4.78, 5) is 16.9. The molecule has 0 saturated heterocycles. The maximum atomic E-state index is 11.8. The molecule has 20 heavy (non-hydrogen) atoms. The molecule has 0 saturated carbocycles. The van der Waals surface area contributed by atoms with Crippen LogP contribution in [0.1, 0.15) is 22.3 Å². The van der Waals surface area contributed by atoms with E-state index in [9.17, 15) is 4.79 Å². The van der Waals surface area contributed by atoms with E-state index in [4.69, 9.17) is 21.1 Å². The zero-order chi connectivity index (χ0) is 14.7. The molecule has 0 spiro atoms. The molecular formula is C14H14ClNO3S. The van der Waals surface area contributed by atoms with E-state index in [0.717, 1.165) is 15.4 Å². The number of hydrogen-bond acceptors (Lipinski definition) is 5. The van der Waals surface area contributed by atoms with Gasteiger partial charge in [-0.15, -0.1) is 11.3 Å². The van der Waals surface area contributed by atoms with Crippen LogP contribution in [0, 0.1) is 6.92 Å². The van der Waals surface area contributed by atoms with Gasteiger partial charge < -0.3 is 9.47 Å². The van der Waals surface area contributed by atoms with Crippen LogP contribution < -0.4 is 4.74 Å². The maximum Gasteiger partial charge on any atom is 0.358 e. The van der Waals surface area contributed by atoms with Crippen LogP contribution in [-0.4, -0.2) is 24.7 Å². The second kappa shape index (κ2) is 6.24. The van der Waals surface area contributed by atoms with E-state index >= 15 is 0 Å². The average Bonchev–Trinajstić information content (AvgIpc) is 2.81. The molecule has 0 aliphatic carbocycles. The standard InChI is InChI=1S/C14H14ClNO3S/c1-4-19-14(17)12-8(2)20-13(16-12)9-5-6-11(18-3)10(15)7-9/h5-7H,4H2,1-3H3. The molecule has 1 aromatic heterocycles.